The number of carbonyl (C=O) groups excluding carboxylic acids is 1. The van der Waals surface area contributed by atoms with E-state index in [2.05, 4.69) is 4.74 Å². The number of hydrogen-bond donors (Lipinski definition) is 2. The number of ether oxygens (including phenoxy) is 1. The maximum atomic E-state index is 13.8. The molecule has 0 aliphatic carbocycles. The van der Waals surface area contributed by atoms with E-state index < -0.39 is 50.2 Å². The first-order valence-corrected chi connectivity index (χ1v) is 7.43. The number of benzene rings is 1. The number of anilines is 1. The van der Waals surface area contributed by atoms with Crippen molar-refractivity contribution in [2.45, 2.75) is 24.8 Å². The SMILES string of the molecule is COC(=O)C(NS(=O)(=O)c1ccc(F)c(N)c1F)C(C)C. The van der Waals surface area contributed by atoms with Gasteiger partial charge in [-0.1, -0.05) is 13.8 Å². The minimum absolute atomic E-state index is 0.437. The van der Waals surface area contributed by atoms with Crippen molar-refractivity contribution >= 4 is 21.7 Å². The summed E-state index contributed by atoms with van der Waals surface area (Å²) in [6.45, 7) is 3.17. The van der Waals surface area contributed by atoms with E-state index in [1.807, 2.05) is 4.72 Å². The predicted molar refractivity (Wildman–Crippen MR) is 71.7 cm³/mol. The third-order valence-corrected chi connectivity index (χ3v) is 4.24. The number of nitrogen functional groups attached to an aromatic ring is 1. The zero-order valence-corrected chi connectivity index (χ0v) is 12.5. The molecule has 0 spiro atoms. The summed E-state index contributed by atoms with van der Waals surface area (Å²) in [6.07, 6.45) is 0. The Bertz CT molecular complexity index is 647. The summed E-state index contributed by atoms with van der Waals surface area (Å²) < 4.78 is 57.6. The van der Waals surface area contributed by atoms with Gasteiger partial charge in [0.2, 0.25) is 10.0 Å². The molecule has 0 heterocycles. The Labute approximate surface area is 121 Å². The zero-order chi connectivity index (χ0) is 16.4. The topological polar surface area (TPSA) is 98.5 Å². The van der Waals surface area contributed by atoms with Crippen LogP contribution in [0.3, 0.4) is 0 Å². The molecule has 21 heavy (non-hydrogen) atoms. The van der Waals surface area contributed by atoms with Crippen molar-refractivity contribution in [3.63, 3.8) is 0 Å². The van der Waals surface area contributed by atoms with Crippen molar-refractivity contribution in [3.8, 4) is 0 Å². The lowest BCUT2D eigenvalue weighted by atomic mass is 10.1. The molecule has 0 saturated carbocycles. The lowest BCUT2D eigenvalue weighted by molar-refractivity contribution is -0.143. The lowest BCUT2D eigenvalue weighted by Crippen LogP contribution is -2.45. The van der Waals surface area contributed by atoms with Gasteiger partial charge in [0.05, 0.1) is 7.11 Å². The van der Waals surface area contributed by atoms with Crippen LogP contribution in [0.4, 0.5) is 14.5 Å². The average molecular weight is 322 g/mol. The van der Waals surface area contributed by atoms with Crippen LogP contribution in [0.25, 0.3) is 0 Å². The summed E-state index contributed by atoms with van der Waals surface area (Å²) in [6, 6.07) is 0.263. The normalized spacial score (nSPS) is 13.2. The highest BCUT2D eigenvalue weighted by Crippen LogP contribution is 2.23. The van der Waals surface area contributed by atoms with E-state index in [0.717, 1.165) is 19.2 Å². The Kier molecular flexibility index (Phi) is 5.24. The van der Waals surface area contributed by atoms with Crippen molar-refractivity contribution in [1.29, 1.82) is 0 Å². The second-order valence-corrected chi connectivity index (χ2v) is 6.32. The average Bonchev–Trinajstić information content (AvgIpc) is 2.40. The molecule has 0 radical (unpaired) electrons. The van der Waals surface area contributed by atoms with Gasteiger partial charge < -0.3 is 10.5 Å². The fraction of sp³-hybridized carbons (Fsp3) is 0.417. The predicted octanol–water partition coefficient (Wildman–Crippen LogP) is 1.02. The Morgan fingerprint density at radius 2 is 1.90 bits per heavy atom. The van der Waals surface area contributed by atoms with Gasteiger partial charge in [-0.25, -0.2) is 17.2 Å². The number of methoxy groups -OCH3 is 1. The molecular formula is C12H16F2N2O4S. The van der Waals surface area contributed by atoms with Crippen LogP contribution in [0.1, 0.15) is 13.8 Å². The van der Waals surface area contributed by atoms with E-state index in [4.69, 9.17) is 5.73 Å². The van der Waals surface area contributed by atoms with E-state index in [0.29, 0.717) is 0 Å². The Morgan fingerprint density at radius 3 is 2.38 bits per heavy atom. The number of nitrogens with two attached hydrogens (primary N) is 1. The number of halogens is 2. The molecule has 3 N–H and O–H groups in total. The van der Waals surface area contributed by atoms with Crippen LogP contribution in [-0.2, 0) is 19.6 Å². The molecule has 0 saturated heterocycles. The van der Waals surface area contributed by atoms with Crippen molar-refractivity contribution in [2.24, 2.45) is 5.92 Å². The van der Waals surface area contributed by atoms with E-state index >= 15 is 0 Å². The fourth-order valence-electron chi connectivity index (χ4n) is 1.57. The largest absolute Gasteiger partial charge is 0.468 e. The van der Waals surface area contributed by atoms with Crippen LogP contribution >= 0.6 is 0 Å². The summed E-state index contributed by atoms with van der Waals surface area (Å²) in [7, 11) is -3.30. The summed E-state index contributed by atoms with van der Waals surface area (Å²) >= 11 is 0. The van der Waals surface area contributed by atoms with Gasteiger partial charge in [0.1, 0.15) is 22.4 Å². The summed E-state index contributed by atoms with van der Waals surface area (Å²) in [5.41, 5.74) is 4.22. The van der Waals surface area contributed by atoms with Gasteiger partial charge in [0, 0.05) is 0 Å². The van der Waals surface area contributed by atoms with Gasteiger partial charge in [0.15, 0.2) is 5.82 Å². The van der Waals surface area contributed by atoms with Gasteiger partial charge in [-0.05, 0) is 18.1 Å². The fourth-order valence-corrected chi connectivity index (χ4v) is 2.99. The van der Waals surface area contributed by atoms with Gasteiger partial charge in [0.25, 0.3) is 0 Å². The molecule has 1 rings (SSSR count). The molecule has 0 bridgehead atoms. The summed E-state index contributed by atoms with van der Waals surface area (Å²) in [5.74, 6) is -3.73. The third-order valence-electron chi connectivity index (χ3n) is 2.78. The smallest absolute Gasteiger partial charge is 0.324 e. The highest BCUT2D eigenvalue weighted by Gasteiger charge is 2.31. The molecule has 0 aliphatic heterocycles. The lowest BCUT2D eigenvalue weighted by Gasteiger charge is -2.20. The first-order valence-electron chi connectivity index (χ1n) is 5.95. The molecule has 9 heteroatoms. The van der Waals surface area contributed by atoms with E-state index in [1.165, 1.54) is 0 Å². The molecule has 1 unspecified atom stereocenters. The van der Waals surface area contributed by atoms with Gasteiger partial charge >= 0.3 is 5.97 Å². The molecule has 1 atom stereocenters. The molecule has 0 amide bonds. The Hall–Kier alpha value is -1.74. The quantitative estimate of drug-likeness (QED) is 0.623. The maximum Gasteiger partial charge on any atom is 0.324 e. The molecule has 1 aromatic carbocycles. The zero-order valence-electron chi connectivity index (χ0n) is 11.7. The Balaban J connectivity index is 3.23. The van der Waals surface area contributed by atoms with Gasteiger partial charge in [-0.15, -0.1) is 0 Å². The standard InChI is InChI=1S/C12H16F2N2O4S/c1-6(2)11(12(17)20-3)16-21(18,19)8-5-4-7(13)10(15)9(8)14/h4-6,11,16H,15H2,1-3H3. The van der Waals surface area contributed by atoms with E-state index in [-0.39, 0.29) is 0 Å². The monoisotopic (exact) mass is 322 g/mol. The highest BCUT2D eigenvalue weighted by molar-refractivity contribution is 7.89. The molecule has 0 aromatic heterocycles. The van der Waals surface area contributed by atoms with Crippen LogP contribution in [-0.4, -0.2) is 27.5 Å². The number of sulfonamides is 1. The van der Waals surface area contributed by atoms with Crippen LogP contribution in [0.15, 0.2) is 17.0 Å². The summed E-state index contributed by atoms with van der Waals surface area (Å²) in [5, 5.41) is 0. The molecule has 118 valence electrons. The highest BCUT2D eigenvalue weighted by atomic mass is 32.2. The number of nitrogens with one attached hydrogen (secondary N) is 1. The molecule has 0 aliphatic rings. The minimum Gasteiger partial charge on any atom is -0.468 e. The molecular weight excluding hydrogens is 306 g/mol. The molecule has 6 nitrogen and oxygen atoms in total. The van der Waals surface area contributed by atoms with Crippen LogP contribution in [0, 0.1) is 17.6 Å². The van der Waals surface area contributed by atoms with Gasteiger partial charge in [-0.3, -0.25) is 4.79 Å². The first-order chi connectivity index (χ1) is 9.61. The van der Waals surface area contributed by atoms with Crippen molar-refractivity contribution < 1.29 is 26.7 Å². The maximum absolute atomic E-state index is 13.8. The number of hydrogen-bond acceptors (Lipinski definition) is 5. The molecule has 1 aromatic rings. The third kappa shape index (κ3) is 3.67. The molecule has 0 fully saturated rings. The van der Waals surface area contributed by atoms with Crippen LogP contribution in [0.2, 0.25) is 0 Å². The van der Waals surface area contributed by atoms with E-state index in [1.54, 1.807) is 13.8 Å². The van der Waals surface area contributed by atoms with Crippen molar-refractivity contribution in [1.82, 2.24) is 4.72 Å². The van der Waals surface area contributed by atoms with Crippen LogP contribution < -0.4 is 10.5 Å². The Morgan fingerprint density at radius 1 is 1.33 bits per heavy atom. The first kappa shape index (κ1) is 17.3. The van der Waals surface area contributed by atoms with Crippen LogP contribution in [0.5, 0.6) is 0 Å². The van der Waals surface area contributed by atoms with Crippen molar-refractivity contribution in [3.05, 3.63) is 23.8 Å². The number of esters is 1. The van der Waals surface area contributed by atoms with Crippen molar-refractivity contribution in [2.75, 3.05) is 12.8 Å². The van der Waals surface area contributed by atoms with E-state index in [9.17, 15) is 22.0 Å². The van der Waals surface area contributed by atoms with Gasteiger partial charge in [-0.2, -0.15) is 4.72 Å². The number of carbonyl (C=O) groups is 1. The second-order valence-electron chi connectivity index (χ2n) is 4.64. The second kappa shape index (κ2) is 6.35. The minimum atomic E-state index is -4.40. The number of rotatable bonds is 5. The summed E-state index contributed by atoms with van der Waals surface area (Å²) in [4.78, 5) is 10.7.